The molecule has 1 heterocycles. The van der Waals surface area contributed by atoms with E-state index in [-0.39, 0.29) is 17.6 Å². The Kier molecular flexibility index (Phi) is 6.56. The summed E-state index contributed by atoms with van der Waals surface area (Å²) in [6.07, 6.45) is 6.72. The van der Waals surface area contributed by atoms with Gasteiger partial charge in [-0.2, -0.15) is 0 Å². The molecule has 0 aliphatic heterocycles. The lowest BCUT2D eigenvalue weighted by atomic mass is 9.98. The molecule has 0 atom stereocenters. The number of nitrogen functional groups attached to an aromatic ring is 1. The molecule has 1 aliphatic rings. The Bertz CT molecular complexity index is 1070. The molecule has 0 spiro atoms. The van der Waals surface area contributed by atoms with Crippen molar-refractivity contribution in [3.8, 4) is 0 Å². The van der Waals surface area contributed by atoms with Gasteiger partial charge in [0.15, 0.2) is 0 Å². The molecule has 1 aromatic heterocycles. The van der Waals surface area contributed by atoms with Crippen molar-refractivity contribution in [2.24, 2.45) is 0 Å². The average Bonchev–Trinajstić information content (AvgIpc) is 3.47. The number of anilines is 2. The summed E-state index contributed by atoms with van der Waals surface area (Å²) in [5.41, 5.74) is 8.71. The van der Waals surface area contributed by atoms with Crippen molar-refractivity contribution < 1.29 is 4.79 Å². The Morgan fingerprint density at radius 1 is 1.32 bits per heavy atom. The fourth-order valence-electron chi connectivity index (χ4n) is 3.32. The quantitative estimate of drug-likeness (QED) is 0.293. The highest BCUT2D eigenvalue weighted by Gasteiger charge is 2.45. The monoisotopic (exact) mass is 436 g/mol. The number of allylic oxidation sites excluding steroid dienone is 3. The third kappa shape index (κ3) is 5.38. The minimum atomic E-state index is -0.392. The van der Waals surface area contributed by atoms with Crippen LogP contribution in [0.2, 0.25) is 5.02 Å². The van der Waals surface area contributed by atoms with Crippen molar-refractivity contribution in [3.05, 3.63) is 77.0 Å². The second-order valence-corrected chi connectivity index (χ2v) is 8.02. The van der Waals surface area contributed by atoms with Crippen molar-refractivity contribution in [2.45, 2.75) is 31.7 Å². The maximum absolute atomic E-state index is 12.5. The summed E-state index contributed by atoms with van der Waals surface area (Å²) in [6, 6.07) is 8.58. The van der Waals surface area contributed by atoms with Crippen LogP contribution in [-0.2, 0) is 5.54 Å². The first-order valence-corrected chi connectivity index (χ1v) is 10.2. The summed E-state index contributed by atoms with van der Waals surface area (Å²) in [4.78, 5) is 16.8. The van der Waals surface area contributed by atoms with Crippen LogP contribution in [0.1, 0.15) is 37.3 Å². The number of benzene rings is 1. The Balaban J connectivity index is 1.70. The van der Waals surface area contributed by atoms with Gasteiger partial charge in [-0.3, -0.25) is 10.7 Å². The maximum Gasteiger partial charge on any atom is 0.321 e. The van der Waals surface area contributed by atoms with Gasteiger partial charge < -0.3 is 16.5 Å². The van der Waals surface area contributed by atoms with Crippen LogP contribution in [0.4, 0.5) is 16.3 Å². The molecule has 2 amide bonds. The van der Waals surface area contributed by atoms with Gasteiger partial charge in [0, 0.05) is 40.7 Å². The molecule has 0 bridgehead atoms. The summed E-state index contributed by atoms with van der Waals surface area (Å²) >= 11 is 5.95. The van der Waals surface area contributed by atoms with Crippen LogP contribution in [0.3, 0.4) is 0 Å². The smallest absolute Gasteiger partial charge is 0.321 e. The van der Waals surface area contributed by atoms with Crippen molar-refractivity contribution in [3.63, 3.8) is 0 Å². The Hall–Kier alpha value is -3.45. The number of aromatic nitrogens is 1. The minimum absolute atomic E-state index is 0.173. The van der Waals surface area contributed by atoms with Crippen LogP contribution in [0.25, 0.3) is 0 Å². The molecule has 160 valence electrons. The molecule has 31 heavy (non-hydrogen) atoms. The Labute approximate surface area is 186 Å². The van der Waals surface area contributed by atoms with Crippen molar-refractivity contribution in [2.75, 3.05) is 11.1 Å². The fourth-order valence-corrected chi connectivity index (χ4v) is 3.45. The van der Waals surface area contributed by atoms with E-state index in [0.29, 0.717) is 34.0 Å². The number of nitrogens with zero attached hydrogens (tertiary/aromatic N) is 1. The van der Waals surface area contributed by atoms with Gasteiger partial charge in [-0.1, -0.05) is 42.5 Å². The van der Waals surface area contributed by atoms with Crippen LogP contribution in [0.5, 0.6) is 0 Å². The largest absolute Gasteiger partial charge is 0.398 e. The van der Waals surface area contributed by atoms with Crippen LogP contribution in [0, 0.1) is 10.8 Å². The zero-order chi connectivity index (χ0) is 22.6. The number of pyridine rings is 1. The Morgan fingerprint density at radius 2 is 2.00 bits per heavy atom. The van der Waals surface area contributed by atoms with Crippen LogP contribution < -0.4 is 16.4 Å². The van der Waals surface area contributed by atoms with E-state index in [4.69, 9.17) is 28.2 Å². The number of halogens is 1. The van der Waals surface area contributed by atoms with Crippen molar-refractivity contribution in [1.29, 1.82) is 10.8 Å². The predicted octanol–water partition coefficient (Wildman–Crippen LogP) is 5.04. The number of carbonyl (C=O) groups is 1. The van der Waals surface area contributed by atoms with Gasteiger partial charge in [-0.05, 0) is 43.0 Å². The standard InChI is InChI=1S/C23H25ClN6O/c1-3-4-15(11-14(2)25)21(27)18-13-28-20(12-19(18)26)29-22(31)30-23(9-10-23)16-5-7-17(24)8-6-16/h3-8,12-13,25,27H,1,9-11H2,2H3,(H4,26,28,29,30,31)/b15-4+,25-14?,27-21?. The molecular formula is C23H25ClN6O. The molecule has 0 saturated heterocycles. The molecule has 1 saturated carbocycles. The molecular weight excluding hydrogens is 412 g/mol. The zero-order valence-electron chi connectivity index (χ0n) is 17.3. The zero-order valence-corrected chi connectivity index (χ0v) is 18.0. The fraction of sp³-hybridized carbons (Fsp3) is 0.217. The predicted molar refractivity (Wildman–Crippen MR) is 126 cm³/mol. The summed E-state index contributed by atoms with van der Waals surface area (Å²) in [7, 11) is 0. The van der Waals surface area contributed by atoms with Crippen LogP contribution >= 0.6 is 11.6 Å². The summed E-state index contributed by atoms with van der Waals surface area (Å²) in [5.74, 6) is 0.288. The molecule has 1 aromatic carbocycles. The third-order valence-corrected chi connectivity index (χ3v) is 5.29. The van der Waals surface area contributed by atoms with Gasteiger partial charge in [-0.25, -0.2) is 9.78 Å². The van der Waals surface area contributed by atoms with Gasteiger partial charge in [0.05, 0.1) is 11.3 Å². The SMILES string of the molecule is C=C/C=C(\CC(C)=N)C(=N)c1cnc(NC(=O)NC2(c3ccc(Cl)cc3)CC2)cc1N. The Morgan fingerprint density at radius 3 is 2.55 bits per heavy atom. The van der Waals surface area contributed by atoms with Crippen molar-refractivity contribution >= 4 is 40.6 Å². The number of urea groups is 1. The number of carbonyl (C=O) groups excluding carboxylic acids is 1. The molecule has 1 aliphatic carbocycles. The second kappa shape index (κ2) is 9.14. The van der Waals surface area contributed by atoms with Crippen LogP contribution in [0.15, 0.2) is 60.8 Å². The number of amides is 2. The van der Waals surface area contributed by atoms with Gasteiger partial charge in [0.25, 0.3) is 0 Å². The van der Waals surface area contributed by atoms with Crippen molar-refractivity contribution in [1.82, 2.24) is 10.3 Å². The second-order valence-electron chi connectivity index (χ2n) is 7.58. The normalized spacial score (nSPS) is 14.5. The lowest BCUT2D eigenvalue weighted by molar-refractivity contribution is 0.247. The van der Waals surface area contributed by atoms with E-state index in [9.17, 15) is 4.79 Å². The molecule has 3 rings (SSSR count). The maximum atomic E-state index is 12.5. The first-order chi connectivity index (χ1) is 14.7. The topological polar surface area (TPSA) is 128 Å². The number of nitrogens with two attached hydrogens (primary N) is 1. The highest BCUT2D eigenvalue weighted by molar-refractivity contribution is 6.30. The van der Waals surface area contributed by atoms with E-state index in [2.05, 4.69) is 22.2 Å². The average molecular weight is 437 g/mol. The first-order valence-electron chi connectivity index (χ1n) is 9.80. The van der Waals surface area contributed by atoms with Gasteiger partial charge in [0.1, 0.15) is 5.82 Å². The van der Waals surface area contributed by atoms with Gasteiger partial charge in [-0.15, -0.1) is 0 Å². The van der Waals surface area contributed by atoms with Gasteiger partial charge >= 0.3 is 6.03 Å². The van der Waals surface area contributed by atoms with E-state index in [1.54, 1.807) is 19.1 Å². The van der Waals surface area contributed by atoms with Gasteiger partial charge in [0.2, 0.25) is 0 Å². The number of rotatable bonds is 8. The van der Waals surface area contributed by atoms with E-state index < -0.39 is 5.54 Å². The molecule has 2 aromatic rings. The number of nitrogens with one attached hydrogen (secondary N) is 4. The third-order valence-electron chi connectivity index (χ3n) is 5.04. The lowest BCUT2D eigenvalue weighted by Gasteiger charge is -2.18. The van der Waals surface area contributed by atoms with E-state index in [0.717, 1.165) is 18.4 Å². The minimum Gasteiger partial charge on any atom is -0.398 e. The molecule has 0 radical (unpaired) electrons. The molecule has 6 N–H and O–H groups in total. The van der Waals surface area contributed by atoms with E-state index in [1.165, 1.54) is 12.3 Å². The highest BCUT2D eigenvalue weighted by Crippen LogP contribution is 2.45. The molecule has 1 fully saturated rings. The lowest BCUT2D eigenvalue weighted by Crippen LogP contribution is -2.38. The molecule has 7 nitrogen and oxygen atoms in total. The molecule has 0 unspecified atom stereocenters. The summed E-state index contributed by atoms with van der Waals surface area (Å²) in [5, 5.41) is 22.5. The number of hydrogen-bond acceptors (Lipinski definition) is 5. The van der Waals surface area contributed by atoms with E-state index >= 15 is 0 Å². The number of hydrogen-bond donors (Lipinski definition) is 5. The summed E-state index contributed by atoms with van der Waals surface area (Å²) in [6.45, 7) is 5.34. The van der Waals surface area contributed by atoms with E-state index in [1.807, 2.05) is 24.3 Å². The highest BCUT2D eigenvalue weighted by atomic mass is 35.5. The first kappa shape index (κ1) is 22.2. The molecule has 8 heteroatoms. The van der Waals surface area contributed by atoms with Crippen LogP contribution in [-0.4, -0.2) is 22.4 Å². The summed E-state index contributed by atoms with van der Waals surface area (Å²) < 4.78 is 0.